The minimum atomic E-state index is -3.15. The Morgan fingerprint density at radius 3 is 2.66 bits per heavy atom. The smallest absolute Gasteiger partial charge is 0.301 e. The van der Waals surface area contributed by atoms with Crippen LogP contribution in [0.15, 0.2) is 29.2 Å². The number of pyridine rings is 1. The van der Waals surface area contributed by atoms with Gasteiger partial charge in [-0.25, -0.2) is 22.5 Å². The van der Waals surface area contributed by atoms with Gasteiger partial charge in [-0.05, 0) is 37.0 Å². The van der Waals surface area contributed by atoms with Crippen LogP contribution in [0.1, 0.15) is 19.3 Å². The average molecular weight is 553 g/mol. The number of rotatable bonds is 4. The maximum atomic E-state index is 14.9. The zero-order valence-corrected chi connectivity index (χ0v) is 21.1. The molecule has 0 bridgehead atoms. The summed E-state index contributed by atoms with van der Waals surface area (Å²) in [6, 6.07) is 3.90. The van der Waals surface area contributed by atoms with Crippen LogP contribution in [-0.2, 0) is 7.05 Å². The van der Waals surface area contributed by atoms with Gasteiger partial charge in [-0.3, -0.25) is 4.79 Å². The molecule has 0 radical (unpaired) electrons. The number of nitrogens with zero attached hydrogens (tertiary/aromatic N) is 4. The fourth-order valence-corrected chi connectivity index (χ4v) is 5.30. The van der Waals surface area contributed by atoms with Gasteiger partial charge in [-0.15, -0.1) is 0 Å². The molecule has 4 heterocycles. The van der Waals surface area contributed by atoms with Crippen LogP contribution in [0.4, 0.5) is 40.7 Å². The Balaban J connectivity index is 1.38. The molecule has 202 valence electrons. The van der Waals surface area contributed by atoms with Crippen molar-refractivity contribution in [3.63, 3.8) is 0 Å². The maximum Gasteiger partial charge on any atom is 0.301 e. The lowest BCUT2D eigenvalue weighted by molar-refractivity contribution is -0.0579. The predicted molar refractivity (Wildman–Crippen MR) is 137 cm³/mol. The third-order valence-corrected chi connectivity index (χ3v) is 7.51. The molecule has 0 unspecified atom stereocenters. The van der Waals surface area contributed by atoms with E-state index in [1.165, 1.54) is 15.7 Å². The molecule has 2 fully saturated rings. The van der Waals surface area contributed by atoms with E-state index in [0.717, 1.165) is 0 Å². The predicted octanol–water partition coefficient (Wildman–Crippen LogP) is 4.83. The van der Waals surface area contributed by atoms with Gasteiger partial charge < -0.3 is 24.8 Å². The SMILES string of the molecule is Cn1c(=O)c2c(c3cc(Nc4nc(N5C[C@H](F)C[C@H](F)C5)ncc4Cl)ccc31)N[C@@H](C1CC1)C(F)(F)CO2. The minimum Gasteiger partial charge on any atom is -0.480 e. The molecule has 1 aliphatic carbocycles. The first-order valence-electron chi connectivity index (χ1n) is 12.4. The summed E-state index contributed by atoms with van der Waals surface area (Å²) >= 11 is 6.32. The normalized spacial score (nSPS) is 24.8. The van der Waals surface area contributed by atoms with Gasteiger partial charge in [0, 0.05) is 24.5 Å². The minimum absolute atomic E-state index is 0.0317. The first-order valence-corrected chi connectivity index (χ1v) is 12.7. The summed E-state index contributed by atoms with van der Waals surface area (Å²) in [6.45, 7) is -0.950. The number of fused-ring (bicyclic) bond motifs is 3. The molecule has 1 saturated carbocycles. The maximum absolute atomic E-state index is 14.9. The summed E-state index contributed by atoms with van der Waals surface area (Å²) in [5.41, 5.74) is 0.707. The summed E-state index contributed by atoms with van der Waals surface area (Å²) in [5.74, 6) is -3.18. The van der Waals surface area contributed by atoms with Crippen LogP contribution in [-0.4, -0.2) is 58.5 Å². The molecule has 0 amide bonds. The number of halogens is 5. The highest BCUT2D eigenvalue weighted by atomic mass is 35.5. The van der Waals surface area contributed by atoms with Gasteiger partial charge >= 0.3 is 5.92 Å². The molecule has 2 aromatic heterocycles. The standard InChI is InChI=1S/C25H25ClF4N6O2/c1-35-18-5-4-15(32-22-17(26)8-31-24(34-22)36-9-13(27)6-14(28)10-36)7-16(18)19-20(23(35)37)38-11-25(29,30)21(33-19)12-2-3-12/h4-5,7-8,12-14,21,33H,2-3,6,9-11H2,1H3,(H,31,32,34)/t13-,14+,21-/m0/s1. The molecule has 38 heavy (non-hydrogen) atoms. The molecule has 3 atom stereocenters. The van der Waals surface area contributed by atoms with Crippen LogP contribution in [0.3, 0.4) is 0 Å². The quantitative estimate of drug-likeness (QED) is 0.449. The van der Waals surface area contributed by atoms with Crippen LogP contribution >= 0.6 is 11.6 Å². The fourth-order valence-electron chi connectivity index (χ4n) is 5.16. The Bertz CT molecular complexity index is 1460. The number of anilines is 4. The van der Waals surface area contributed by atoms with Gasteiger partial charge in [0.1, 0.15) is 17.4 Å². The Labute approximate surface area is 220 Å². The number of hydrogen-bond donors (Lipinski definition) is 2. The average Bonchev–Trinajstić information content (AvgIpc) is 3.71. The zero-order chi connectivity index (χ0) is 26.8. The largest absolute Gasteiger partial charge is 0.480 e. The van der Waals surface area contributed by atoms with Crippen molar-refractivity contribution in [2.45, 2.75) is 43.6 Å². The van der Waals surface area contributed by atoms with Crippen LogP contribution < -0.4 is 25.8 Å². The molecule has 2 aliphatic heterocycles. The molecule has 3 aromatic rings. The molecular formula is C25H25ClF4N6O2. The van der Waals surface area contributed by atoms with E-state index >= 15 is 0 Å². The molecule has 2 N–H and O–H groups in total. The van der Waals surface area contributed by atoms with Crippen LogP contribution in [0.5, 0.6) is 5.75 Å². The Hall–Kier alpha value is -3.28. The molecule has 1 aromatic carbocycles. The van der Waals surface area contributed by atoms with Gasteiger partial charge in [0.15, 0.2) is 12.4 Å². The van der Waals surface area contributed by atoms with Crippen molar-refractivity contribution in [2.75, 3.05) is 35.2 Å². The monoisotopic (exact) mass is 552 g/mol. The lowest BCUT2D eigenvalue weighted by Gasteiger charge is -2.31. The molecule has 3 aliphatic rings. The molecule has 6 rings (SSSR count). The second kappa shape index (κ2) is 9.18. The highest BCUT2D eigenvalue weighted by Gasteiger charge is 2.51. The summed E-state index contributed by atoms with van der Waals surface area (Å²) in [5, 5.41) is 6.70. The second-order valence-corrected chi connectivity index (χ2v) is 10.5. The Kier molecular flexibility index (Phi) is 6.04. The Morgan fingerprint density at radius 1 is 1.21 bits per heavy atom. The van der Waals surface area contributed by atoms with E-state index in [9.17, 15) is 22.4 Å². The highest BCUT2D eigenvalue weighted by Crippen LogP contribution is 2.45. The number of hydrogen-bond acceptors (Lipinski definition) is 7. The first-order chi connectivity index (χ1) is 18.1. The van der Waals surface area contributed by atoms with E-state index < -0.39 is 36.5 Å². The number of ether oxygens (including phenoxy) is 1. The van der Waals surface area contributed by atoms with Gasteiger partial charge in [0.2, 0.25) is 11.7 Å². The van der Waals surface area contributed by atoms with Gasteiger partial charge in [-0.1, -0.05) is 11.6 Å². The summed E-state index contributed by atoms with van der Waals surface area (Å²) in [4.78, 5) is 22.9. The molecular weight excluding hydrogens is 528 g/mol. The molecule has 13 heteroatoms. The van der Waals surface area contributed by atoms with Crippen molar-refractivity contribution >= 4 is 45.6 Å². The number of aromatic nitrogens is 3. The topological polar surface area (TPSA) is 84.3 Å². The molecule has 8 nitrogen and oxygen atoms in total. The highest BCUT2D eigenvalue weighted by molar-refractivity contribution is 6.32. The number of nitrogens with one attached hydrogen (secondary N) is 2. The van der Waals surface area contributed by atoms with Crippen molar-refractivity contribution in [3.8, 4) is 5.75 Å². The van der Waals surface area contributed by atoms with Gasteiger partial charge in [-0.2, -0.15) is 4.98 Å². The van der Waals surface area contributed by atoms with Crippen molar-refractivity contribution in [2.24, 2.45) is 13.0 Å². The van der Waals surface area contributed by atoms with Gasteiger partial charge in [0.25, 0.3) is 5.56 Å². The van der Waals surface area contributed by atoms with E-state index in [-0.39, 0.29) is 53.7 Å². The van der Waals surface area contributed by atoms with Crippen LogP contribution in [0, 0.1) is 5.92 Å². The van der Waals surface area contributed by atoms with E-state index in [2.05, 4.69) is 20.6 Å². The second-order valence-electron chi connectivity index (χ2n) is 10.1. The first kappa shape index (κ1) is 25.0. The molecule has 1 saturated heterocycles. The third kappa shape index (κ3) is 4.48. The fraction of sp³-hybridized carbons (Fsp3) is 0.480. The molecule has 0 spiro atoms. The van der Waals surface area contributed by atoms with E-state index in [0.29, 0.717) is 29.4 Å². The van der Waals surface area contributed by atoms with Crippen molar-refractivity contribution in [1.82, 2.24) is 14.5 Å². The lowest BCUT2D eigenvalue weighted by atomic mass is 10.0. The van der Waals surface area contributed by atoms with Crippen LogP contribution in [0.2, 0.25) is 5.02 Å². The van der Waals surface area contributed by atoms with Crippen molar-refractivity contribution < 1.29 is 22.3 Å². The van der Waals surface area contributed by atoms with Crippen molar-refractivity contribution in [3.05, 3.63) is 39.8 Å². The Morgan fingerprint density at radius 2 is 1.95 bits per heavy atom. The van der Waals surface area contributed by atoms with E-state index in [1.807, 2.05) is 0 Å². The number of piperidine rings is 1. The number of aryl methyl sites for hydroxylation is 1. The summed E-state index contributed by atoms with van der Waals surface area (Å²) in [7, 11) is 1.55. The number of benzene rings is 1. The zero-order valence-electron chi connectivity index (χ0n) is 20.4. The lowest BCUT2D eigenvalue weighted by Crippen LogP contribution is -2.44. The summed E-state index contributed by atoms with van der Waals surface area (Å²) in [6.07, 6.45) is -0.136. The number of alkyl halides is 4. The van der Waals surface area contributed by atoms with E-state index in [1.54, 1.807) is 25.2 Å². The van der Waals surface area contributed by atoms with Crippen molar-refractivity contribution in [1.29, 1.82) is 0 Å². The van der Waals surface area contributed by atoms with Gasteiger partial charge in [0.05, 0.1) is 36.5 Å². The summed E-state index contributed by atoms with van der Waals surface area (Å²) < 4.78 is 64.4. The van der Waals surface area contributed by atoms with Crippen LogP contribution in [0.25, 0.3) is 10.9 Å². The van der Waals surface area contributed by atoms with E-state index in [4.69, 9.17) is 16.3 Å². The third-order valence-electron chi connectivity index (χ3n) is 7.24.